The number of nitrogens with two attached hydrogens (primary N) is 1. The molecule has 208 valence electrons. The molecule has 10 nitrogen and oxygen atoms in total. The molecular weight excluding hydrogens is 525 g/mol. The third-order valence-electron chi connectivity index (χ3n) is 6.83. The molecule has 4 heterocycles. The Morgan fingerprint density at radius 2 is 1.90 bits per heavy atom. The van der Waals surface area contributed by atoms with Gasteiger partial charge < -0.3 is 21.3 Å². The van der Waals surface area contributed by atoms with Gasteiger partial charge in [0, 0.05) is 48.7 Å². The predicted octanol–water partition coefficient (Wildman–Crippen LogP) is 3.57. The molecule has 0 saturated carbocycles. The molecule has 2 amide bonds. The van der Waals surface area contributed by atoms with Crippen LogP contribution in [-0.2, 0) is 11.0 Å². The minimum atomic E-state index is -4.55. The Morgan fingerprint density at radius 3 is 2.62 bits per heavy atom. The Kier molecular flexibility index (Phi) is 7.39. The van der Waals surface area contributed by atoms with E-state index in [0.717, 1.165) is 37.0 Å². The molecule has 13 heteroatoms. The molecule has 3 aromatic heterocycles. The number of carbonyl (C=O) groups excluding carboxylic acids is 2. The van der Waals surface area contributed by atoms with Gasteiger partial charge in [0.05, 0.1) is 12.1 Å². The topological polar surface area (TPSA) is 131 Å². The number of imidazole rings is 1. The van der Waals surface area contributed by atoms with E-state index in [4.69, 9.17) is 10.7 Å². The van der Waals surface area contributed by atoms with Crippen molar-refractivity contribution in [3.8, 4) is 11.3 Å². The van der Waals surface area contributed by atoms with Crippen molar-refractivity contribution < 1.29 is 22.8 Å². The van der Waals surface area contributed by atoms with Gasteiger partial charge in [-0.25, -0.2) is 15.0 Å². The number of nitrogens with one attached hydrogen (secondary N) is 2. The second-order valence-corrected chi connectivity index (χ2v) is 9.52. The third-order valence-corrected chi connectivity index (χ3v) is 6.83. The largest absolute Gasteiger partial charge is 0.416 e. The summed E-state index contributed by atoms with van der Waals surface area (Å²) in [7, 11) is 1.74. The number of alkyl halides is 3. The Hall–Kier alpha value is -4.52. The lowest BCUT2D eigenvalue weighted by atomic mass is 9.97. The molecule has 0 aliphatic carbocycles. The molecule has 1 aliphatic heterocycles. The number of likely N-dealkylation sites (N-methyl/N-ethyl adjacent to an activating group) is 1. The maximum absolute atomic E-state index is 13.0. The van der Waals surface area contributed by atoms with E-state index in [2.05, 4.69) is 20.6 Å². The molecule has 1 saturated heterocycles. The molecule has 1 fully saturated rings. The van der Waals surface area contributed by atoms with E-state index < -0.39 is 17.6 Å². The van der Waals surface area contributed by atoms with Gasteiger partial charge in [0.15, 0.2) is 0 Å². The first kappa shape index (κ1) is 27.1. The number of likely N-dealkylation sites (tertiary alicyclic amines) is 1. The fraction of sp³-hybridized carbons (Fsp3) is 0.296. The zero-order valence-electron chi connectivity index (χ0n) is 21.6. The summed E-state index contributed by atoms with van der Waals surface area (Å²) in [4.78, 5) is 40.0. The number of hydrogen-bond donors (Lipinski definition) is 3. The molecule has 1 aromatic carbocycles. The first-order chi connectivity index (χ1) is 19.2. The highest BCUT2D eigenvalue weighted by molar-refractivity contribution is 6.04. The van der Waals surface area contributed by atoms with Crippen LogP contribution < -0.4 is 16.4 Å². The van der Waals surface area contributed by atoms with Crippen molar-refractivity contribution >= 4 is 29.0 Å². The predicted molar refractivity (Wildman–Crippen MR) is 143 cm³/mol. The van der Waals surface area contributed by atoms with Crippen LogP contribution in [0, 0.1) is 0 Å². The van der Waals surface area contributed by atoms with Gasteiger partial charge in [-0.05, 0) is 44.2 Å². The smallest absolute Gasteiger partial charge is 0.382 e. The third kappa shape index (κ3) is 5.45. The van der Waals surface area contributed by atoms with E-state index in [1.165, 1.54) is 0 Å². The Morgan fingerprint density at radius 1 is 1.12 bits per heavy atom. The fourth-order valence-corrected chi connectivity index (χ4v) is 4.90. The van der Waals surface area contributed by atoms with E-state index >= 15 is 0 Å². The van der Waals surface area contributed by atoms with Crippen LogP contribution in [0.5, 0.6) is 0 Å². The second-order valence-electron chi connectivity index (χ2n) is 9.52. The second kappa shape index (κ2) is 10.9. The lowest BCUT2D eigenvalue weighted by molar-refractivity contribution is -0.137. The number of nitrogen functional groups attached to an aromatic ring is 1. The van der Waals surface area contributed by atoms with E-state index in [0.29, 0.717) is 29.9 Å². The lowest BCUT2D eigenvalue weighted by Crippen LogP contribution is -2.43. The van der Waals surface area contributed by atoms with Crippen molar-refractivity contribution in [2.24, 2.45) is 0 Å². The van der Waals surface area contributed by atoms with Gasteiger partial charge in [-0.3, -0.25) is 14.0 Å². The van der Waals surface area contributed by atoms with Gasteiger partial charge in [0.1, 0.15) is 28.7 Å². The molecule has 1 aliphatic rings. The van der Waals surface area contributed by atoms with Gasteiger partial charge in [-0.1, -0.05) is 12.1 Å². The summed E-state index contributed by atoms with van der Waals surface area (Å²) < 4.78 is 40.9. The molecule has 4 aromatic rings. The fourth-order valence-electron chi connectivity index (χ4n) is 4.90. The van der Waals surface area contributed by atoms with Crippen molar-refractivity contribution in [3.05, 3.63) is 71.9 Å². The van der Waals surface area contributed by atoms with Crippen molar-refractivity contribution in [1.29, 1.82) is 0 Å². The van der Waals surface area contributed by atoms with E-state index in [1.54, 1.807) is 43.7 Å². The first-order valence-corrected chi connectivity index (χ1v) is 12.7. The summed E-state index contributed by atoms with van der Waals surface area (Å²) in [5.41, 5.74) is 7.45. The number of pyridine rings is 1. The van der Waals surface area contributed by atoms with Crippen LogP contribution in [0.4, 0.5) is 24.8 Å². The minimum absolute atomic E-state index is 0.0115. The number of amides is 2. The number of carbonyl (C=O) groups is 2. The van der Waals surface area contributed by atoms with E-state index in [1.807, 2.05) is 9.30 Å². The quantitative estimate of drug-likeness (QED) is 0.333. The summed E-state index contributed by atoms with van der Waals surface area (Å²) in [6.07, 6.45) is 1.52. The van der Waals surface area contributed by atoms with Crippen LogP contribution in [0.2, 0.25) is 0 Å². The normalized spacial score (nSPS) is 15.8. The number of nitrogens with zero attached hydrogens (tertiary/aromatic N) is 5. The molecule has 1 atom stereocenters. The van der Waals surface area contributed by atoms with Gasteiger partial charge in [0.25, 0.3) is 5.91 Å². The molecule has 40 heavy (non-hydrogen) atoms. The number of aromatic nitrogens is 4. The maximum atomic E-state index is 13.0. The molecule has 0 radical (unpaired) electrons. The number of anilines is 2. The summed E-state index contributed by atoms with van der Waals surface area (Å²) in [6.45, 7) is 1.49. The van der Waals surface area contributed by atoms with Crippen LogP contribution in [-0.4, -0.2) is 62.7 Å². The van der Waals surface area contributed by atoms with Crippen molar-refractivity contribution in [1.82, 2.24) is 29.6 Å². The monoisotopic (exact) mass is 552 g/mol. The minimum Gasteiger partial charge on any atom is -0.382 e. The SMILES string of the molecule is CNCC(=O)N1CCC[C@H](c2nc(-c3ccc(C(=O)Nc4cc(C(F)(F)F)ccn4)cc3)c3c(N)nccn23)C1. The first-order valence-electron chi connectivity index (χ1n) is 12.7. The van der Waals surface area contributed by atoms with Gasteiger partial charge in [-0.2, -0.15) is 13.2 Å². The number of halogens is 3. The average molecular weight is 553 g/mol. The van der Waals surface area contributed by atoms with Crippen LogP contribution >= 0.6 is 0 Å². The van der Waals surface area contributed by atoms with Gasteiger partial charge >= 0.3 is 6.18 Å². The number of rotatable bonds is 6. The standard InChI is InChI=1S/C27H27F3N8O2/c1-32-14-21(39)37-11-2-3-18(15-37)25-36-22(23-24(31)34-10-12-38(23)25)16-4-6-17(7-5-16)26(40)35-20-13-19(8-9-33-20)27(28,29)30/h4-10,12-13,18,32H,2-3,11,14-15H2,1H3,(H2,31,34)(H,33,35,40)/t18-/m0/s1. The summed E-state index contributed by atoms with van der Waals surface area (Å²) >= 11 is 0. The molecule has 5 rings (SSSR count). The highest BCUT2D eigenvalue weighted by Gasteiger charge is 2.31. The Bertz CT molecular complexity index is 1550. The lowest BCUT2D eigenvalue weighted by Gasteiger charge is -2.32. The van der Waals surface area contributed by atoms with Crippen molar-refractivity contribution in [3.63, 3.8) is 0 Å². The average Bonchev–Trinajstić information content (AvgIpc) is 3.34. The summed E-state index contributed by atoms with van der Waals surface area (Å²) in [5, 5.41) is 5.30. The molecule has 0 spiro atoms. The van der Waals surface area contributed by atoms with Crippen LogP contribution in [0.25, 0.3) is 16.8 Å². The number of fused-ring (bicyclic) bond motifs is 1. The molecular formula is C27H27F3N8O2. The van der Waals surface area contributed by atoms with E-state index in [-0.39, 0.29) is 35.6 Å². The maximum Gasteiger partial charge on any atom is 0.416 e. The Labute approximate surface area is 227 Å². The number of benzene rings is 1. The van der Waals surface area contributed by atoms with Crippen LogP contribution in [0.1, 0.15) is 40.5 Å². The molecule has 0 unspecified atom stereocenters. The molecule has 0 bridgehead atoms. The molecule has 4 N–H and O–H groups in total. The highest BCUT2D eigenvalue weighted by atomic mass is 19.4. The number of hydrogen-bond acceptors (Lipinski definition) is 7. The summed E-state index contributed by atoms with van der Waals surface area (Å²) in [5.74, 6) is 0.253. The number of piperidine rings is 1. The zero-order chi connectivity index (χ0) is 28.4. The van der Waals surface area contributed by atoms with Gasteiger partial charge in [0.2, 0.25) is 5.91 Å². The highest BCUT2D eigenvalue weighted by Crippen LogP contribution is 2.34. The zero-order valence-corrected chi connectivity index (χ0v) is 21.6. The van der Waals surface area contributed by atoms with Crippen LogP contribution in [0.15, 0.2) is 55.0 Å². The van der Waals surface area contributed by atoms with E-state index in [9.17, 15) is 22.8 Å². The van der Waals surface area contributed by atoms with Crippen molar-refractivity contribution in [2.75, 3.05) is 37.7 Å². The Balaban J connectivity index is 1.42. The summed E-state index contributed by atoms with van der Waals surface area (Å²) in [6, 6.07) is 8.09. The van der Waals surface area contributed by atoms with Crippen molar-refractivity contribution in [2.45, 2.75) is 24.9 Å². The van der Waals surface area contributed by atoms with Crippen LogP contribution in [0.3, 0.4) is 0 Å². The van der Waals surface area contributed by atoms with Gasteiger partial charge in [-0.15, -0.1) is 0 Å².